The van der Waals surface area contributed by atoms with Crippen molar-refractivity contribution in [1.82, 2.24) is 9.78 Å². The molecular formula is C11H12ClN3O. The Labute approximate surface area is 98.6 Å². The standard InChI is InChI=1S/C11H12ClN3O/c1-16-10-2-3-11(8(4-10)5-13)15-7-9(12)6-14-15/h2-4,6-7H,5,13H2,1H3. The SMILES string of the molecule is COc1ccc(-n2cc(Cl)cn2)c(CN)c1. The largest absolute Gasteiger partial charge is 0.497 e. The van der Waals surface area contributed by atoms with E-state index in [0.717, 1.165) is 17.0 Å². The van der Waals surface area contributed by atoms with Crippen molar-refractivity contribution in [3.63, 3.8) is 0 Å². The van der Waals surface area contributed by atoms with Gasteiger partial charge in [0, 0.05) is 12.7 Å². The van der Waals surface area contributed by atoms with Gasteiger partial charge < -0.3 is 10.5 Å². The van der Waals surface area contributed by atoms with Gasteiger partial charge in [0.1, 0.15) is 5.75 Å². The number of ether oxygens (including phenoxy) is 1. The van der Waals surface area contributed by atoms with Crippen LogP contribution in [0.2, 0.25) is 5.02 Å². The lowest BCUT2D eigenvalue weighted by atomic mass is 10.1. The van der Waals surface area contributed by atoms with Crippen LogP contribution >= 0.6 is 11.6 Å². The first-order valence-corrected chi connectivity index (χ1v) is 5.20. The fourth-order valence-corrected chi connectivity index (χ4v) is 1.64. The van der Waals surface area contributed by atoms with Crippen molar-refractivity contribution in [2.75, 3.05) is 7.11 Å². The fourth-order valence-electron chi connectivity index (χ4n) is 1.51. The molecule has 16 heavy (non-hydrogen) atoms. The molecule has 0 bridgehead atoms. The van der Waals surface area contributed by atoms with Gasteiger partial charge in [0.25, 0.3) is 0 Å². The molecule has 0 aliphatic rings. The van der Waals surface area contributed by atoms with Gasteiger partial charge in [-0.1, -0.05) is 11.6 Å². The zero-order chi connectivity index (χ0) is 11.5. The van der Waals surface area contributed by atoms with Gasteiger partial charge in [-0.15, -0.1) is 0 Å². The van der Waals surface area contributed by atoms with Crippen LogP contribution in [0.1, 0.15) is 5.56 Å². The summed E-state index contributed by atoms with van der Waals surface area (Å²) >= 11 is 5.83. The van der Waals surface area contributed by atoms with Crippen molar-refractivity contribution in [2.45, 2.75) is 6.54 Å². The van der Waals surface area contributed by atoms with E-state index in [1.165, 1.54) is 0 Å². The van der Waals surface area contributed by atoms with Crippen molar-refractivity contribution in [3.8, 4) is 11.4 Å². The van der Waals surface area contributed by atoms with Crippen molar-refractivity contribution in [3.05, 3.63) is 41.2 Å². The molecule has 84 valence electrons. The molecule has 1 heterocycles. The average Bonchev–Trinajstić information content (AvgIpc) is 2.74. The lowest BCUT2D eigenvalue weighted by molar-refractivity contribution is 0.414. The number of methoxy groups -OCH3 is 1. The van der Waals surface area contributed by atoms with E-state index < -0.39 is 0 Å². The molecule has 0 unspecified atom stereocenters. The highest BCUT2D eigenvalue weighted by Gasteiger charge is 2.06. The summed E-state index contributed by atoms with van der Waals surface area (Å²) in [5.41, 5.74) is 7.56. The summed E-state index contributed by atoms with van der Waals surface area (Å²) in [6, 6.07) is 5.67. The number of benzene rings is 1. The Hall–Kier alpha value is -1.52. The Morgan fingerprint density at radius 2 is 2.31 bits per heavy atom. The van der Waals surface area contributed by atoms with Crippen molar-refractivity contribution < 1.29 is 4.74 Å². The predicted octanol–water partition coefficient (Wildman–Crippen LogP) is 1.99. The summed E-state index contributed by atoms with van der Waals surface area (Å²) in [6.45, 7) is 0.421. The number of halogens is 1. The predicted molar refractivity (Wildman–Crippen MR) is 63.0 cm³/mol. The number of nitrogens with zero attached hydrogens (tertiary/aromatic N) is 2. The summed E-state index contributed by atoms with van der Waals surface area (Å²) in [5, 5.41) is 4.73. The minimum Gasteiger partial charge on any atom is -0.497 e. The van der Waals surface area contributed by atoms with Crippen LogP contribution in [0, 0.1) is 0 Å². The molecule has 2 rings (SSSR count). The van der Waals surface area contributed by atoms with Crippen LogP contribution in [-0.2, 0) is 6.54 Å². The van der Waals surface area contributed by atoms with Crippen LogP contribution in [0.25, 0.3) is 5.69 Å². The number of aromatic nitrogens is 2. The van der Waals surface area contributed by atoms with Gasteiger partial charge >= 0.3 is 0 Å². The Balaban J connectivity index is 2.48. The number of nitrogens with two attached hydrogens (primary N) is 1. The molecule has 0 radical (unpaired) electrons. The minimum absolute atomic E-state index is 0.421. The van der Waals surface area contributed by atoms with Crippen LogP contribution in [0.5, 0.6) is 5.75 Å². The molecule has 0 saturated carbocycles. The molecule has 0 saturated heterocycles. The highest BCUT2D eigenvalue weighted by Crippen LogP contribution is 2.21. The molecule has 2 N–H and O–H groups in total. The first-order chi connectivity index (χ1) is 7.74. The minimum atomic E-state index is 0.421. The summed E-state index contributed by atoms with van der Waals surface area (Å²) in [5.74, 6) is 0.780. The van der Waals surface area contributed by atoms with E-state index >= 15 is 0 Å². The third kappa shape index (κ3) is 2.03. The van der Waals surface area contributed by atoms with E-state index in [-0.39, 0.29) is 0 Å². The third-order valence-corrected chi connectivity index (χ3v) is 2.50. The highest BCUT2D eigenvalue weighted by atomic mass is 35.5. The number of rotatable bonds is 3. The van der Waals surface area contributed by atoms with Gasteiger partial charge in [-0.05, 0) is 23.8 Å². The van der Waals surface area contributed by atoms with Gasteiger partial charge in [-0.25, -0.2) is 4.68 Å². The molecule has 0 aliphatic carbocycles. The maximum atomic E-state index is 5.83. The molecule has 1 aromatic carbocycles. The molecular weight excluding hydrogens is 226 g/mol. The molecule has 5 heteroatoms. The second-order valence-electron chi connectivity index (χ2n) is 3.30. The van der Waals surface area contributed by atoms with Gasteiger partial charge in [-0.3, -0.25) is 0 Å². The molecule has 4 nitrogen and oxygen atoms in total. The Morgan fingerprint density at radius 1 is 1.50 bits per heavy atom. The van der Waals surface area contributed by atoms with Gasteiger partial charge in [-0.2, -0.15) is 5.10 Å². The lowest BCUT2D eigenvalue weighted by Crippen LogP contribution is -2.05. The lowest BCUT2D eigenvalue weighted by Gasteiger charge is -2.09. The maximum absolute atomic E-state index is 5.83. The van der Waals surface area contributed by atoms with Crippen LogP contribution < -0.4 is 10.5 Å². The molecule has 0 amide bonds. The molecule has 1 aromatic heterocycles. The quantitative estimate of drug-likeness (QED) is 0.888. The Morgan fingerprint density at radius 3 is 2.88 bits per heavy atom. The van der Waals surface area contributed by atoms with Gasteiger partial charge in [0.15, 0.2) is 0 Å². The summed E-state index contributed by atoms with van der Waals surface area (Å²) in [7, 11) is 1.63. The second kappa shape index (κ2) is 4.55. The highest BCUT2D eigenvalue weighted by molar-refractivity contribution is 6.30. The zero-order valence-corrected chi connectivity index (χ0v) is 9.61. The van der Waals surface area contributed by atoms with Crippen molar-refractivity contribution in [2.24, 2.45) is 5.73 Å². The summed E-state index contributed by atoms with van der Waals surface area (Å²) in [6.07, 6.45) is 3.33. The molecule has 0 atom stereocenters. The molecule has 0 spiro atoms. The molecule has 0 aliphatic heterocycles. The smallest absolute Gasteiger partial charge is 0.119 e. The summed E-state index contributed by atoms with van der Waals surface area (Å²) < 4.78 is 6.84. The van der Waals surface area contributed by atoms with E-state index in [1.807, 2.05) is 18.2 Å². The van der Waals surface area contributed by atoms with E-state index in [4.69, 9.17) is 22.1 Å². The van der Waals surface area contributed by atoms with E-state index in [9.17, 15) is 0 Å². The first kappa shape index (κ1) is 11.0. The average molecular weight is 238 g/mol. The normalized spacial score (nSPS) is 10.4. The first-order valence-electron chi connectivity index (χ1n) is 4.82. The molecule has 2 aromatic rings. The van der Waals surface area contributed by atoms with Crippen molar-refractivity contribution in [1.29, 1.82) is 0 Å². The third-order valence-electron chi connectivity index (χ3n) is 2.30. The fraction of sp³-hybridized carbons (Fsp3) is 0.182. The topological polar surface area (TPSA) is 53.1 Å². The van der Waals surface area contributed by atoms with E-state index in [2.05, 4.69) is 5.10 Å². The van der Waals surface area contributed by atoms with Gasteiger partial charge in [0.05, 0.1) is 24.0 Å². The Bertz CT molecular complexity index is 496. The van der Waals surface area contributed by atoms with Crippen LogP contribution in [0.3, 0.4) is 0 Å². The number of hydrogen-bond acceptors (Lipinski definition) is 3. The second-order valence-corrected chi connectivity index (χ2v) is 3.74. The zero-order valence-electron chi connectivity index (χ0n) is 8.85. The van der Waals surface area contributed by atoms with E-state index in [1.54, 1.807) is 24.2 Å². The molecule has 0 fully saturated rings. The monoisotopic (exact) mass is 237 g/mol. The summed E-state index contributed by atoms with van der Waals surface area (Å²) in [4.78, 5) is 0. The van der Waals surface area contributed by atoms with Crippen LogP contribution in [-0.4, -0.2) is 16.9 Å². The Kier molecular flexibility index (Phi) is 3.12. The van der Waals surface area contributed by atoms with Gasteiger partial charge in [0.2, 0.25) is 0 Å². The maximum Gasteiger partial charge on any atom is 0.119 e. The van der Waals surface area contributed by atoms with Crippen molar-refractivity contribution >= 4 is 11.6 Å². The van der Waals surface area contributed by atoms with E-state index in [0.29, 0.717) is 11.6 Å². The van der Waals surface area contributed by atoms with Crippen LogP contribution in [0.4, 0.5) is 0 Å². The number of hydrogen-bond donors (Lipinski definition) is 1. The van der Waals surface area contributed by atoms with Crippen LogP contribution in [0.15, 0.2) is 30.6 Å².